The summed E-state index contributed by atoms with van der Waals surface area (Å²) >= 11 is 0. The van der Waals surface area contributed by atoms with Gasteiger partial charge in [0.25, 0.3) is 0 Å². The van der Waals surface area contributed by atoms with Crippen molar-refractivity contribution in [2.45, 2.75) is 12.8 Å². The average Bonchev–Trinajstić information content (AvgIpc) is 3.14. The number of hydrogen-bond donors (Lipinski definition) is 1. The van der Waals surface area contributed by atoms with Crippen LogP contribution in [0.2, 0.25) is 0 Å². The first kappa shape index (κ1) is 13.0. The first-order valence-electron chi connectivity index (χ1n) is 7.22. The number of pyridine rings is 1. The van der Waals surface area contributed by atoms with Gasteiger partial charge in [0.05, 0.1) is 11.9 Å². The van der Waals surface area contributed by atoms with E-state index in [0.29, 0.717) is 17.2 Å². The van der Waals surface area contributed by atoms with Crippen LogP contribution in [0.4, 0.5) is 15.9 Å². The maximum absolute atomic E-state index is 14.3. The van der Waals surface area contributed by atoms with Crippen LogP contribution in [0, 0.1) is 5.82 Å². The maximum Gasteiger partial charge on any atom is 0.165 e. The molecule has 0 spiro atoms. The number of nitrogens with two attached hydrogens (primary N) is 1. The van der Waals surface area contributed by atoms with Crippen molar-refractivity contribution in [1.29, 1.82) is 0 Å². The van der Waals surface area contributed by atoms with Gasteiger partial charge in [0.2, 0.25) is 0 Å². The van der Waals surface area contributed by atoms with Gasteiger partial charge in [0.15, 0.2) is 11.5 Å². The molecule has 0 amide bonds. The zero-order valence-corrected chi connectivity index (χ0v) is 11.9. The number of aromatic nitrogens is 4. The fourth-order valence-corrected chi connectivity index (χ4v) is 2.94. The van der Waals surface area contributed by atoms with Crippen molar-refractivity contribution in [3.63, 3.8) is 0 Å². The van der Waals surface area contributed by atoms with E-state index in [4.69, 9.17) is 5.73 Å². The molecule has 2 N–H and O–H groups in total. The molecule has 112 valence electrons. The highest BCUT2D eigenvalue weighted by Crippen LogP contribution is 2.34. The summed E-state index contributed by atoms with van der Waals surface area (Å²) in [6, 6.07) is 1.69. The van der Waals surface area contributed by atoms with Crippen molar-refractivity contribution in [3.8, 4) is 11.1 Å². The van der Waals surface area contributed by atoms with Crippen LogP contribution in [0.25, 0.3) is 16.8 Å². The van der Waals surface area contributed by atoms with E-state index in [0.717, 1.165) is 37.1 Å². The number of halogens is 1. The largest absolute Gasteiger partial charge is 0.382 e. The average molecular weight is 298 g/mol. The molecule has 4 rings (SSSR count). The molecule has 22 heavy (non-hydrogen) atoms. The number of nitrogen functional groups attached to an aromatic ring is 1. The summed E-state index contributed by atoms with van der Waals surface area (Å²) in [5.41, 5.74) is 8.43. The van der Waals surface area contributed by atoms with Gasteiger partial charge < -0.3 is 10.6 Å². The van der Waals surface area contributed by atoms with Crippen LogP contribution in [0.15, 0.2) is 30.9 Å². The molecule has 3 aromatic rings. The van der Waals surface area contributed by atoms with Crippen LogP contribution in [-0.4, -0.2) is 32.7 Å². The number of fused-ring (bicyclic) bond motifs is 1. The van der Waals surface area contributed by atoms with E-state index < -0.39 is 0 Å². The van der Waals surface area contributed by atoms with Gasteiger partial charge in [0.1, 0.15) is 5.82 Å². The monoisotopic (exact) mass is 298 g/mol. The van der Waals surface area contributed by atoms with Gasteiger partial charge in [-0.2, -0.15) is 0 Å². The number of rotatable bonds is 2. The van der Waals surface area contributed by atoms with Crippen molar-refractivity contribution in [2.24, 2.45) is 0 Å². The third-order valence-electron chi connectivity index (χ3n) is 3.94. The highest BCUT2D eigenvalue weighted by atomic mass is 19.1. The first-order chi connectivity index (χ1) is 10.7. The second kappa shape index (κ2) is 4.94. The Morgan fingerprint density at radius 2 is 1.95 bits per heavy atom. The Hall–Kier alpha value is -2.70. The lowest BCUT2D eigenvalue weighted by Gasteiger charge is -2.21. The van der Waals surface area contributed by atoms with Gasteiger partial charge >= 0.3 is 0 Å². The molecule has 1 fully saturated rings. The van der Waals surface area contributed by atoms with Crippen LogP contribution >= 0.6 is 0 Å². The van der Waals surface area contributed by atoms with E-state index in [1.165, 1.54) is 6.20 Å². The quantitative estimate of drug-likeness (QED) is 0.784. The van der Waals surface area contributed by atoms with Gasteiger partial charge in [-0.25, -0.2) is 13.9 Å². The Morgan fingerprint density at radius 3 is 2.77 bits per heavy atom. The summed E-state index contributed by atoms with van der Waals surface area (Å²) in [4.78, 5) is 10.4. The highest BCUT2D eigenvalue weighted by Gasteiger charge is 2.21. The van der Waals surface area contributed by atoms with E-state index in [2.05, 4.69) is 20.0 Å². The third-order valence-corrected chi connectivity index (χ3v) is 3.94. The molecule has 0 radical (unpaired) electrons. The lowest BCUT2D eigenvalue weighted by atomic mass is 10.1. The molecule has 0 unspecified atom stereocenters. The molecular weight excluding hydrogens is 283 g/mol. The Balaban J connectivity index is 1.88. The van der Waals surface area contributed by atoms with Crippen LogP contribution < -0.4 is 10.6 Å². The molecule has 3 aromatic heterocycles. The van der Waals surface area contributed by atoms with Crippen molar-refractivity contribution in [2.75, 3.05) is 23.7 Å². The summed E-state index contributed by atoms with van der Waals surface area (Å²) in [5, 5.41) is 4.15. The summed E-state index contributed by atoms with van der Waals surface area (Å²) in [7, 11) is 0. The molecule has 4 heterocycles. The van der Waals surface area contributed by atoms with Gasteiger partial charge in [0, 0.05) is 48.9 Å². The minimum absolute atomic E-state index is 0.306. The summed E-state index contributed by atoms with van der Waals surface area (Å²) in [5.74, 6) is 0.0984. The Kier molecular flexibility index (Phi) is 2.92. The first-order valence-corrected chi connectivity index (χ1v) is 7.22. The smallest absolute Gasteiger partial charge is 0.165 e. The second-order valence-electron chi connectivity index (χ2n) is 5.43. The molecule has 1 saturated heterocycles. The molecule has 0 aliphatic carbocycles. The Labute approximate surface area is 126 Å². The molecular formula is C15H15FN6. The van der Waals surface area contributed by atoms with Crippen molar-refractivity contribution < 1.29 is 4.39 Å². The van der Waals surface area contributed by atoms with Gasteiger partial charge in [-0.3, -0.25) is 4.98 Å². The van der Waals surface area contributed by atoms with Crippen LogP contribution in [-0.2, 0) is 0 Å². The molecule has 0 atom stereocenters. The maximum atomic E-state index is 14.3. The predicted octanol–water partition coefficient (Wildman–Crippen LogP) is 2.11. The lowest BCUT2D eigenvalue weighted by Crippen LogP contribution is -2.20. The molecule has 1 aliphatic rings. The van der Waals surface area contributed by atoms with Gasteiger partial charge in [-0.05, 0) is 12.8 Å². The van der Waals surface area contributed by atoms with E-state index in [1.807, 2.05) is 0 Å². The van der Waals surface area contributed by atoms with Gasteiger partial charge in [-0.15, -0.1) is 5.10 Å². The highest BCUT2D eigenvalue weighted by molar-refractivity contribution is 5.78. The molecule has 6 nitrogen and oxygen atoms in total. The van der Waals surface area contributed by atoms with Crippen molar-refractivity contribution in [3.05, 3.63) is 36.7 Å². The molecule has 7 heteroatoms. The normalized spacial score (nSPS) is 14.9. The fraction of sp³-hybridized carbons (Fsp3) is 0.267. The molecule has 0 aromatic carbocycles. The fourth-order valence-electron chi connectivity index (χ4n) is 2.94. The molecule has 0 saturated carbocycles. The predicted molar refractivity (Wildman–Crippen MR) is 82.0 cm³/mol. The Morgan fingerprint density at radius 1 is 1.14 bits per heavy atom. The van der Waals surface area contributed by atoms with Crippen LogP contribution in [0.3, 0.4) is 0 Å². The summed E-state index contributed by atoms with van der Waals surface area (Å²) in [6.45, 7) is 1.72. The summed E-state index contributed by atoms with van der Waals surface area (Å²) < 4.78 is 15.9. The van der Waals surface area contributed by atoms with E-state index >= 15 is 0 Å². The topological polar surface area (TPSA) is 72.3 Å². The minimum atomic E-state index is -0.306. The second-order valence-corrected chi connectivity index (χ2v) is 5.43. The van der Waals surface area contributed by atoms with Crippen LogP contribution in [0.5, 0.6) is 0 Å². The number of hydrogen-bond acceptors (Lipinski definition) is 5. The molecule has 0 bridgehead atoms. The van der Waals surface area contributed by atoms with E-state index in [1.54, 1.807) is 29.2 Å². The summed E-state index contributed by atoms with van der Waals surface area (Å²) in [6.07, 6.45) is 8.59. The standard InChI is InChI=1S/C15H15FN6/c16-12-8-18-7-11(15(12)21-3-1-2-4-21)10-6-19-14-5-13(17)20-22(14)9-10/h5-9H,1-4H2,(H2,17,20). The van der Waals surface area contributed by atoms with Crippen molar-refractivity contribution >= 4 is 17.2 Å². The third kappa shape index (κ3) is 2.05. The van der Waals surface area contributed by atoms with E-state index in [-0.39, 0.29) is 5.82 Å². The zero-order valence-electron chi connectivity index (χ0n) is 11.9. The van der Waals surface area contributed by atoms with E-state index in [9.17, 15) is 4.39 Å². The van der Waals surface area contributed by atoms with Crippen molar-refractivity contribution in [1.82, 2.24) is 19.6 Å². The number of anilines is 2. The molecule has 1 aliphatic heterocycles. The number of nitrogens with zero attached hydrogens (tertiary/aromatic N) is 5. The minimum Gasteiger partial charge on any atom is -0.382 e. The van der Waals surface area contributed by atoms with Gasteiger partial charge in [-0.1, -0.05) is 0 Å². The lowest BCUT2D eigenvalue weighted by molar-refractivity contribution is 0.617. The Bertz CT molecular complexity index is 837. The van der Waals surface area contributed by atoms with Crippen LogP contribution in [0.1, 0.15) is 12.8 Å². The zero-order chi connectivity index (χ0) is 15.1. The SMILES string of the molecule is Nc1cc2ncc(-c3cncc(F)c3N3CCCC3)cn2n1.